The zero-order valence-electron chi connectivity index (χ0n) is 8.58. The van der Waals surface area contributed by atoms with Crippen molar-refractivity contribution in [2.75, 3.05) is 19.7 Å². The summed E-state index contributed by atoms with van der Waals surface area (Å²) < 4.78 is 5.52. The van der Waals surface area contributed by atoms with Crippen molar-refractivity contribution in [1.29, 1.82) is 0 Å². The standard InChI is InChI=1S/C10H18N2O2/c1-7(9-3-2-4-14-9)12-10(13)8-5-11-6-8/h7-9,11H,2-6H2,1H3,(H,12,13). The van der Waals surface area contributed by atoms with E-state index in [0.717, 1.165) is 32.5 Å². The van der Waals surface area contributed by atoms with E-state index < -0.39 is 0 Å². The van der Waals surface area contributed by atoms with Crippen LogP contribution in [0.4, 0.5) is 0 Å². The van der Waals surface area contributed by atoms with Crippen molar-refractivity contribution in [2.24, 2.45) is 5.92 Å². The third-order valence-electron chi connectivity index (χ3n) is 3.04. The Labute approximate surface area is 84.4 Å². The third kappa shape index (κ3) is 2.07. The largest absolute Gasteiger partial charge is 0.376 e. The minimum Gasteiger partial charge on any atom is -0.376 e. The van der Waals surface area contributed by atoms with Crippen LogP contribution < -0.4 is 10.6 Å². The minimum absolute atomic E-state index is 0.158. The van der Waals surface area contributed by atoms with Crippen molar-refractivity contribution in [3.05, 3.63) is 0 Å². The Morgan fingerprint density at radius 3 is 2.86 bits per heavy atom. The lowest BCUT2D eigenvalue weighted by Crippen LogP contribution is -2.54. The Bertz CT molecular complexity index is 210. The summed E-state index contributed by atoms with van der Waals surface area (Å²) in [6.45, 7) is 4.52. The predicted molar refractivity (Wildman–Crippen MR) is 52.9 cm³/mol. The average molecular weight is 198 g/mol. The van der Waals surface area contributed by atoms with E-state index in [4.69, 9.17) is 4.74 Å². The summed E-state index contributed by atoms with van der Waals surface area (Å²) in [5.41, 5.74) is 0. The second-order valence-electron chi connectivity index (χ2n) is 4.20. The molecule has 0 aromatic rings. The van der Waals surface area contributed by atoms with Gasteiger partial charge in [-0.1, -0.05) is 0 Å². The first-order valence-corrected chi connectivity index (χ1v) is 5.40. The van der Waals surface area contributed by atoms with Crippen molar-refractivity contribution in [1.82, 2.24) is 10.6 Å². The molecule has 2 aliphatic heterocycles. The number of nitrogens with one attached hydrogen (secondary N) is 2. The third-order valence-corrected chi connectivity index (χ3v) is 3.04. The highest BCUT2D eigenvalue weighted by atomic mass is 16.5. The van der Waals surface area contributed by atoms with Gasteiger partial charge in [0.1, 0.15) is 0 Å². The Balaban J connectivity index is 1.74. The first-order valence-electron chi connectivity index (χ1n) is 5.40. The lowest BCUT2D eigenvalue weighted by atomic mass is 10.0. The first kappa shape index (κ1) is 9.93. The summed E-state index contributed by atoms with van der Waals surface area (Å²) in [6, 6.07) is 0.158. The zero-order chi connectivity index (χ0) is 9.97. The smallest absolute Gasteiger partial charge is 0.225 e. The van der Waals surface area contributed by atoms with Crippen LogP contribution >= 0.6 is 0 Å². The molecule has 4 nitrogen and oxygen atoms in total. The van der Waals surface area contributed by atoms with E-state index in [1.54, 1.807) is 0 Å². The van der Waals surface area contributed by atoms with Gasteiger partial charge in [0, 0.05) is 19.7 Å². The molecule has 80 valence electrons. The number of hydrogen-bond acceptors (Lipinski definition) is 3. The van der Waals surface area contributed by atoms with E-state index in [9.17, 15) is 4.79 Å². The van der Waals surface area contributed by atoms with Gasteiger partial charge in [0.25, 0.3) is 0 Å². The van der Waals surface area contributed by atoms with Gasteiger partial charge in [-0.15, -0.1) is 0 Å². The maximum atomic E-state index is 11.6. The van der Waals surface area contributed by atoms with Crippen LogP contribution in [0.2, 0.25) is 0 Å². The van der Waals surface area contributed by atoms with E-state index in [1.807, 2.05) is 6.92 Å². The fourth-order valence-electron chi connectivity index (χ4n) is 1.91. The average Bonchev–Trinajstić information content (AvgIpc) is 2.51. The fourth-order valence-corrected chi connectivity index (χ4v) is 1.91. The molecule has 0 bridgehead atoms. The Morgan fingerprint density at radius 2 is 2.36 bits per heavy atom. The molecule has 2 atom stereocenters. The van der Waals surface area contributed by atoms with Gasteiger partial charge in [0.05, 0.1) is 18.1 Å². The molecule has 0 radical (unpaired) electrons. The second-order valence-corrected chi connectivity index (χ2v) is 4.20. The normalized spacial score (nSPS) is 29.6. The van der Waals surface area contributed by atoms with Crippen molar-refractivity contribution in [3.63, 3.8) is 0 Å². The van der Waals surface area contributed by atoms with Crippen LogP contribution in [-0.2, 0) is 9.53 Å². The molecule has 4 heteroatoms. The molecule has 0 aliphatic carbocycles. The zero-order valence-corrected chi connectivity index (χ0v) is 8.58. The lowest BCUT2D eigenvalue weighted by molar-refractivity contribution is -0.127. The number of carbonyl (C=O) groups excluding carboxylic acids is 1. The molecule has 2 saturated heterocycles. The quantitative estimate of drug-likeness (QED) is 0.665. The lowest BCUT2D eigenvalue weighted by Gasteiger charge is -2.28. The SMILES string of the molecule is CC(NC(=O)C1CNC1)C1CCCO1. The molecule has 2 aliphatic rings. The van der Waals surface area contributed by atoms with Gasteiger partial charge >= 0.3 is 0 Å². The van der Waals surface area contributed by atoms with Gasteiger partial charge in [-0.05, 0) is 19.8 Å². The van der Waals surface area contributed by atoms with Crippen LogP contribution in [0.1, 0.15) is 19.8 Å². The van der Waals surface area contributed by atoms with E-state index in [-0.39, 0.29) is 24.0 Å². The highest BCUT2D eigenvalue weighted by Crippen LogP contribution is 2.16. The van der Waals surface area contributed by atoms with Crippen LogP contribution in [0.15, 0.2) is 0 Å². The van der Waals surface area contributed by atoms with E-state index in [0.29, 0.717) is 0 Å². The number of amides is 1. The maximum absolute atomic E-state index is 11.6. The molecule has 2 unspecified atom stereocenters. The molecule has 0 saturated carbocycles. The molecule has 0 aromatic carbocycles. The number of carbonyl (C=O) groups is 1. The molecule has 2 rings (SSSR count). The fraction of sp³-hybridized carbons (Fsp3) is 0.900. The summed E-state index contributed by atoms with van der Waals surface area (Å²) >= 11 is 0. The van der Waals surface area contributed by atoms with Crippen molar-refractivity contribution in [3.8, 4) is 0 Å². The molecular weight excluding hydrogens is 180 g/mol. The van der Waals surface area contributed by atoms with Crippen molar-refractivity contribution >= 4 is 5.91 Å². The molecular formula is C10H18N2O2. The molecule has 1 amide bonds. The Kier molecular flexibility index (Phi) is 3.03. The molecule has 2 N–H and O–H groups in total. The van der Waals surface area contributed by atoms with Gasteiger partial charge in [-0.3, -0.25) is 4.79 Å². The minimum atomic E-state index is 0.158. The molecule has 14 heavy (non-hydrogen) atoms. The van der Waals surface area contributed by atoms with Gasteiger partial charge in [0.2, 0.25) is 5.91 Å². The molecule has 0 spiro atoms. The molecule has 2 heterocycles. The maximum Gasteiger partial charge on any atom is 0.225 e. The van der Waals surface area contributed by atoms with Crippen molar-refractivity contribution < 1.29 is 9.53 Å². The van der Waals surface area contributed by atoms with Gasteiger partial charge in [0.15, 0.2) is 0 Å². The number of hydrogen-bond donors (Lipinski definition) is 2. The monoisotopic (exact) mass is 198 g/mol. The summed E-state index contributed by atoms with van der Waals surface area (Å²) in [7, 11) is 0. The molecule has 0 aromatic heterocycles. The van der Waals surface area contributed by atoms with Crippen LogP contribution in [0.25, 0.3) is 0 Å². The second kappa shape index (κ2) is 4.28. The van der Waals surface area contributed by atoms with E-state index >= 15 is 0 Å². The van der Waals surface area contributed by atoms with E-state index in [2.05, 4.69) is 10.6 Å². The first-order chi connectivity index (χ1) is 6.77. The Morgan fingerprint density at radius 1 is 1.57 bits per heavy atom. The number of rotatable bonds is 3. The highest BCUT2D eigenvalue weighted by Gasteiger charge is 2.29. The summed E-state index contributed by atoms with van der Waals surface area (Å²) in [5.74, 6) is 0.352. The van der Waals surface area contributed by atoms with Crippen molar-refractivity contribution in [2.45, 2.75) is 31.9 Å². The van der Waals surface area contributed by atoms with Gasteiger partial charge in [-0.25, -0.2) is 0 Å². The van der Waals surface area contributed by atoms with Gasteiger partial charge < -0.3 is 15.4 Å². The predicted octanol–water partition coefficient (Wildman–Crippen LogP) is -0.111. The molecule has 2 fully saturated rings. The van der Waals surface area contributed by atoms with Crippen LogP contribution in [0.3, 0.4) is 0 Å². The van der Waals surface area contributed by atoms with Gasteiger partial charge in [-0.2, -0.15) is 0 Å². The van der Waals surface area contributed by atoms with E-state index in [1.165, 1.54) is 0 Å². The Hall–Kier alpha value is -0.610. The summed E-state index contributed by atoms with van der Waals surface area (Å²) in [4.78, 5) is 11.6. The summed E-state index contributed by atoms with van der Waals surface area (Å²) in [5, 5.41) is 6.11. The van der Waals surface area contributed by atoms with Crippen LogP contribution in [0, 0.1) is 5.92 Å². The number of ether oxygens (including phenoxy) is 1. The topological polar surface area (TPSA) is 50.4 Å². The summed E-state index contributed by atoms with van der Waals surface area (Å²) in [6.07, 6.45) is 2.42. The van der Waals surface area contributed by atoms with Crippen LogP contribution in [0.5, 0.6) is 0 Å². The van der Waals surface area contributed by atoms with Crippen LogP contribution in [-0.4, -0.2) is 37.7 Å². The highest BCUT2D eigenvalue weighted by molar-refractivity contribution is 5.80.